The van der Waals surface area contributed by atoms with E-state index < -0.39 is 0 Å². The number of nitrogens with one attached hydrogen (secondary N) is 1. The summed E-state index contributed by atoms with van der Waals surface area (Å²) in [5.74, 6) is -0.165. The number of anilines is 1. The van der Waals surface area contributed by atoms with Crippen molar-refractivity contribution in [2.75, 3.05) is 24.7 Å². The summed E-state index contributed by atoms with van der Waals surface area (Å²) in [4.78, 5) is 28.6. The predicted octanol–water partition coefficient (Wildman–Crippen LogP) is 4.52. The quantitative estimate of drug-likeness (QED) is 0.791. The Kier molecular flexibility index (Phi) is 6.22. The molecule has 2 aromatic rings. The standard InChI is InChI=1S/C22H26N2O2S/c1-15-10-16(2)12-18(11-15)22(26)24-9-5-6-17(14-24)21(25)23-19-7-4-8-20(13-19)27-3/h4,7-8,10-13,17H,5-6,9,14H2,1-3H3,(H,23,25). The summed E-state index contributed by atoms with van der Waals surface area (Å²) in [7, 11) is 0. The zero-order valence-electron chi connectivity index (χ0n) is 16.1. The molecule has 5 heteroatoms. The molecule has 0 aromatic heterocycles. The fourth-order valence-electron chi connectivity index (χ4n) is 3.60. The van der Waals surface area contributed by atoms with Crippen molar-refractivity contribution >= 4 is 29.3 Å². The number of hydrogen-bond acceptors (Lipinski definition) is 3. The Balaban J connectivity index is 1.67. The van der Waals surface area contributed by atoms with Crippen molar-refractivity contribution < 1.29 is 9.59 Å². The fraction of sp³-hybridized carbons (Fsp3) is 0.364. The Morgan fingerprint density at radius 2 is 1.85 bits per heavy atom. The highest BCUT2D eigenvalue weighted by Gasteiger charge is 2.29. The number of likely N-dealkylation sites (tertiary alicyclic amines) is 1. The summed E-state index contributed by atoms with van der Waals surface area (Å²) in [6, 6.07) is 13.7. The van der Waals surface area contributed by atoms with Gasteiger partial charge in [-0.05, 0) is 63.3 Å². The zero-order valence-corrected chi connectivity index (χ0v) is 16.9. The Labute approximate surface area is 165 Å². The van der Waals surface area contributed by atoms with Crippen molar-refractivity contribution in [1.29, 1.82) is 0 Å². The van der Waals surface area contributed by atoms with E-state index in [0.29, 0.717) is 18.7 Å². The van der Waals surface area contributed by atoms with Gasteiger partial charge in [-0.2, -0.15) is 0 Å². The average Bonchev–Trinajstić information content (AvgIpc) is 2.67. The number of amides is 2. The van der Waals surface area contributed by atoms with Gasteiger partial charge in [0.1, 0.15) is 0 Å². The Bertz CT molecular complexity index is 830. The van der Waals surface area contributed by atoms with Gasteiger partial charge < -0.3 is 10.2 Å². The van der Waals surface area contributed by atoms with Gasteiger partial charge in [0.05, 0.1) is 5.92 Å². The highest BCUT2D eigenvalue weighted by molar-refractivity contribution is 7.98. The molecule has 1 saturated heterocycles. The number of hydrogen-bond donors (Lipinski definition) is 1. The summed E-state index contributed by atoms with van der Waals surface area (Å²) in [6.45, 7) is 5.18. The molecule has 0 bridgehead atoms. The van der Waals surface area contributed by atoms with Crippen LogP contribution in [0.2, 0.25) is 0 Å². The number of rotatable bonds is 4. The van der Waals surface area contributed by atoms with E-state index in [2.05, 4.69) is 11.4 Å². The van der Waals surface area contributed by atoms with Gasteiger partial charge in [-0.3, -0.25) is 9.59 Å². The largest absolute Gasteiger partial charge is 0.338 e. The molecule has 1 aliphatic heterocycles. The van der Waals surface area contributed by atoms with Crippen LogP contribution in [0.4, 0.5) is 5.69 Å². The molecule has 0 aliphatic carbocycles. The second-order valence-corrected chi connectivity index (χ2v) is 8.07. The van der Waals surface area contributed by atoms with Gasteiger partial charge in [0.2, 0.25) is 5.91 Å². The highest BCUT2D eigenvalue weighted by atomic mass is 32.2. The van der Waals surface area contributed by atoms with Crippen LogP contribution in [0, 0.1) is 19.8 Å². The second-order valence-electron chi connectivity index (χ2n) is 7.19. The summed E-state index contributed by atoms with van der Waals surface area (Å²) < 4.78 is 0. The van der Waals surface area contributed by atoms with Gasteiger partial charge in [0.25, 0.3) is 5.91 Å². The van der Waals surface area contributed by atoms with Gasteiger partial charge in [-0.25, -0.2) is 0 Å². The van der Waals surface area contributed by atoms with Gasteiger partial charge >= 0.3 is 0 Å². The van der Waals surface area contributed by atoms with E-state index >= 15 is 0 Å². The van der Waals surface area contributed by atoms with E-state index in [-0.39, 0.29) is 17.7 Å². The third-order valence-corrected chi connectivity index (χ3v) is 5.61. The van der Waals surface area contributed by atoms with Crippen molar-refractivity contribution in [3.05, 3.63) is 59.2 Å². The molecule has 0 saturated carbocycles. The molecule has 0 radical (unpaired) electrons. The third kappa shape index (κ3) is 4.92. The molecule has 1 aliphatic rings. The lowest BCUT2D eigenvalue weighted by Crippen LogP contribution is -2.43. The number of nitrogens with zero attached hydrogens (tertiary/aromatic N) is 1. The molecule has 1 heterocycles. The van der Waals surface area contributed by atoms with Crippen LogP contribution in [0.25, 0.3) is 0 Å². The maximum Gasteiger partial charge on any atom is 0.253 e. The molecule has 1 fully saturated rings. The van der Waals surface area contributed by atoms with Crippen molar-refractivity contribution in [1.82, 2.24) is 4.90 Å². The van der Waals surface area contributed by atoms with Crippen LogP contribution < -0.4 is 5.32 Å². The van der Waals surface area contributed by atoms with E-state index in [4.69, 9.17) is 0 Å². The first-order valence-electron chi connectivity index (χ1n) is 9.29. The monoisotopic (exact) mass is 382 g/mol. The van der Waals surface area contributed by atoms with Crippen molar-refractivity contribution in [2.45, 2.75) is 31.6 Å². The summed E-state index contributed by atoms with van der Waals surface area (Å²) in [6.07, 6.45) is 3.67. The first kappa shape index (κ1) is 19.5. The number of aryl methyl sites for hydroxylation is 2. The molecule has 27 heavy (non-hydrogen) atoms. The maximum atomic E-state index is 12.9. The van der Waals surface area contributed by atoms with Crippen molar-refractivity contribution in [2.24, 2.45) is 5.92 Å². The minimum atomic E-state index is -0.174. The lowest BCUT2D eigenvalue weighted by atomic mass is 9.96. The first-order valence-corrected chi connectivity index (χ1v) is 10.5. The summed E-state index contributed by atoms with van der Waals surface area (Å²) >= 11 is 1.65. The van der Waals surface area contributed by atoms with E-state index in [1.807, 2.05) is 61.4 Å². The number of carbonyl (C=O) groups is 2. The number of piperidine rings is 1. The molecule has 2 amide bonds. The van der Waals surface area contributed by atoms with E-state index in [9.17, 15) is 9.59 Å². The van der Waals surface area contributed by atoms with Crippen LogP contribution in [0.1, 0.15) is 34.3 Å². The smallest absolute Gasteiger partial charge is 0.253 e. The van der Waals surface area contributed by atoms with Crippen molar-refractivity contribution in [3.63, 3.8) is 0 Å². The molecule has 1 atom stereocenters. The molecule has 0 spiro atoms. The summed E-state index contributed by atoms with van der Waals surface area (Å²) in [5.41, 5.74) is 3.68. The van der Waals surface area contributed by atoms with Crippen LogP contribution in [-0.2, 0) is 4.79 Å². The van der Waals surface area contributed by atoms with Gasteiger partial charge in [0, 0.05) is 29.2 Å². The second kappa shape index (κ2) is 8.61. The van der Waals surface area contributed by atoms with Crippen LogP contribution >= 0.6 is 11.8 Å². The predicted molar refractivity (Wildman–Crippen MR) is 111 cm³/mol. The van der Waals surface area contributed by atoms with Crippen LogP contribution in [-0.4, -0.2) is 36.1 Å². The molecular weight excluding hydrogens is 356 g/mol. The SMILES string of the molecule is CSc1cccc(NC(=O)C2CCCN(C(=O)c3cc(C)cc(C)c3)C2)c1. The molecule has 2 aromatic carbocycles. The zero-order chi connectivity index (χ0) is 19.4. The van der Waals surface area contributed by atoms with Gasteiger partial charge in [-0.15, -0.1) is 11.8 Å². The first-order chi connectivity index (χ1) is 13.0. The molecule has 1 unspecified atom stereocenters. The van der Waals surface area contributed by atoms with E-state index in [1.165, 1.54) is 0 Å². The Morgan fingerprint density at radius 1 is 1.11 bits per heavy atom. The average molecular weight is 383 g/mol. The maximum absolute atomic E-state index is 12.9. The molecule has 4 nitrogen and oxygen atoms in total. The topological polar surface area (TPSA) is 49.4 Å². The highest BCUT2D eigenvalue weighted by Crippen LogP contribution is 2.23. The van der Waals surface area contributed by atoms with E-state index in [1.54, 1.807) is 11.8 Å². The lowest BCUT2D eigenvalue weighted by molar-refractivity contribution is -0.121. The van der Waals surface area contributed by atoms with Crippen LogP contribution in [0.3, 0.4) is 0 Å². The Morgan fingerprint density at radius 3 is 2.56 bits per heavy atom. The van der Waals surface area contributed by atoms with Crippen LogP contribution in [0.15, 0.2) is 47.4 Å². The summed E-state index contributed by atoms with van der Waals surface area (Å²) in [5, 5.41) is 3.01. The Hall–Kier alpha value is -2.27. The minimum absolute atomic E-state index is 0.00817. The fourth-order valence-corrected chi connectivity index (χ4v) is 4.06. The molecule has 3 rings (SSSR count). The van der Waals surface area contributed by atoms with E-state index in [0.717, 1.165) is 34.6 Å². The van der Waals surface area contributed by atoms with Gasteiger partial charge in [-0.1, -0.05) is 23.3 Å². The minimum Gasteiger partial charge on any atom is -0.338 e. The molecule has 1 N–H and O–H groups in total. The van der Waals surface area contributed by atoms with Gasteiger partial charge in [0.15, 0.2) is 0 Å². The lowest BCUT2D eigenvalue weighted by Gasteiger charge is -2.32. The third-order valence-electron chi connectivity index (χ3n) is 4.89. The number of benzene rings is 2. The molecule has 142 valence electrons. The van der Waals surface area contributed by atoms with Crippen molar-refractivity contribution in [3.8, 4) is 0 Å². The van der Waals surface area contributed by atoms with Crippen LogP contribution in [0.5, 0.6) is 0 Å². The normalized spacial score (nSPS) is 16.9. The number of carbonyl (C=O) groups excluding carboxylic acids is 2. The number of thioether (sulfide) groups is 1. The molecular formula is C22H26N2O2S.